The van der Waals surface area contributed by atoms with Gasteiger partial charge in [0.05, 0.1) is 0 Å². The van der Waals surface area contributed by atoms with Gasteiger partial charge >= 0.3 is 50.5 Å². The van der Waals surface area contributed by atoms with Crippen molar-refractivity contribution in [3.8, 4) is 11.8 Å². The van der Waals surface area contributed by atoms with Gasteiger partial charge in [-0.15, -0.1) is 0 Å². The fourth-order valence-electron chi connectivity index (χ4n) is 0.411. The van der Waals surface area contributed by atoms with Crippen molar-refractivity contribution in [2.75, 3.05) is 0 Å². The summed E-state index contributed by atoms with van der Waals surface area (Å²) in [5, 5.41) is 0. The maximum atomic E-state index is 9.96. The van der Waals surface area contributed by atoms with E-state index >= 15 is 0 Å². The number of carbonyl (C=O) groups excluding carboxylic acids is 4. The minimum absolute atomic E-state index is 0. The third-order valence-electron chi connectivity index (χ3n) is 0.702. The van der Waals surface area contributed by atoms with Crippen molar-refractivity contribution in [3.05, 3.63) is 12.2 Å². The summed E-state index contributed by atoms with van der Waals surface area (Å²) in [5.41, 5.74) is 0. The predicted octanol–water partition coefficient (Wildman–Crippen LogP) is 1.32. The van der Waals surface area contributed by atoms with Gasteiger partial charge in [-0.05, 0) is 53.5 Å². The zero-order chi connectivity index (χ0) is 19.0. The van der Waals surface area contributed by atoms with Gasteiger partial charge in [-0.2, -0.15) is 0 Å². The van der Waals surface area contributed by atoms with Crippen molar-refractivity contribution in [2.24, 2.45) is 0 Å². The Balaban J connectivity index is -0.0000000402. The molecule has 0 unspecified atom stereocenters. The molecule has 0 rings (SSSR count). The zero-order valence-electron chi connectivity index (χ0n) is 14.4. The Morgan fingerprint density at radius 1 is 1.00 bits per heavy atom. The van der Waals surface area contributed by atoms with E-state index in [2.05, 4.69) is 49.1 Å². The Morgan fingerprint density at radius 2 is 1.26 bits per heavy atom. The Labute approximate surface area is 182 Å². The van der Waals surface area contributed by atoms with Gasteiger partial charge in [0, 0.05) is 25.5 Å². The number of aldehydes is 1. The second-order valence-corrected chi connectivity index (χ2v) is 19.5. The van der Waals surface area contributed by atoms with E-state index in [0.717, 1.165) is 6.29 Å². The van der Waals surface area contributed by atoms with Gasteiger partial charge in [0.25, 0.3) is 0 Å². The minimum Gasteiger partial charge on any atom is 0 e. The molecule has 0 aliphatic rings. The molecule has 4 nitrogen and oxygen atoms in total. The van der Waals surface area contributed by atoms with Gasteiger partial charge in [-0.3, -0.25) is 9.59 Å². The van der Waals surface area contributed by atoms with Crippen molar-refractivity contribution in [1.82, 2.24) is 0 Å². The van der Waals surface area contributed by atoms with Crippen molar-refractivity contribution >= 4 is 60.9 Å². The molecule has 0 saturated carbocycles. The largest absolute Gasteiger partial charge is 0 e. The van der Waals surface area contributed by atoms with Crippen LogP contribution in [-0.4, -0.2) is 23.6 Å². The molecule has 0 spiro atoms. The molecule has 0 aromatic heterocycles. The summed E-state index contributed by atoms with van der Waals surface area (Å²) < 4.78 is 0. The van der Waals surface area contributed by atoms with Gasteiger partial charge in [-0.1, -0.05) is 12.0 Å². The Bertz CT molecular complexity index is 369. The number of hydrogen-bond acceptors (Lipinski definition) is 4. The summed E-state index contributed by atoms with van der Waals surface area (Å²) in [6, 6.07) is 0. The van der Waals surface area contributed by atoms with Gasteiger partial charge in [-0.25, -0.2) is 0 Å². The van der Waals surface area contributed by atoms with Crippen LogP contribution in [0.4, 0.5) is 0 Å². The molecule has 0 N–H and O–H groups in total. The maximum Gasteiger partial charge on any atom is 0 e. The van der Waals surface area contributed by atoms with E-state index in [1.807, 2.05) is 6.92 Å². The average molecular weight is 700 g/mol. The van der Waals surface area contributed by atoms with Crippen molar-refractivity contribution in [1.29, 1.82) is 0 Å². The van der Waals surface area contributed by atoms with E-state index in [0.29, 0.717) is 13.3 Å². The molecule has 0 atom stereocenters. The van der Waals surface area contributed by atoms with E-state index in [-0.39, 0.29) is 35.9 Å². The van der Waals surface area contributed by atoms with Crippen LogP contribution in [0.2, 0.25) is 0 Å². The van der Waals surface area contributed by atoms with Crippen molar-refractivity contribution in [3.63, 3.8) is 0 Å². The fourth-order valence-corrected chi connectivity index (χ4v) is 0.411. The molecule has 0 aliphatic carbocycles. The molecular weight excluding hydrogens is 676 g/mol. The number of Topliss-reactive ketones (excluding diaryl/α,β-unsaturated/α-hetero) is 2. The quantitative estimate of drug-likeness (QED) is 0.136. The van der Waals surface area contributed by atoms with Crippen LogP contribution in [0.5, 0.6) is 0 Å². The minimum atomic E-state index is -0.0718. The monoisotopic (exact) mass is 700 g/mol. The number of allylic oxidation sites excluding steroid dienone is 2. The average Bonchev–Trinajstić information content (AvgIpc) is 2.30. The smallest absolute Gasteiger partial charge is 0 e. The molecule has 0 heterocycles. The molecule has 1 radical (unpaired) electrons. The molecule has 23 heavy (non-hydrogen) atoms. The summed E-state index contributed by atoms with van der Waals surface area (Å²) in [4.78, 5) is 38.1. The number of halogens is 3. The van der Waals surface area contributed by atoms with Gasteiger partial charge in [0.15, 0.2) is 5.78 Å². The maximum absolute atomic E-state index is 9.96. The van der Waals surface area contributed by atoms with Crippen LogP contribution in [0.25, 0.3) is 0 Å². The number of carbonyl (C=O) groups is 4. The fraction of sp³-hybridized carbons (Fsp3) is 0.467. The molecule has 0 bridgehead atoms. The second kappa shape index (κ2) is 43.4. The van der Waals surface area contributed by atoms with E-state index in [1.165, 1.54) is 40.7 Å². The first-order valence-electron chi connectivity index (χ1n) is 5.91. The summed E-state index contributed by atoms with van der Waals surface area (Å²) in [5.74, 6) is 4.99. The van der Waals surface area contributed by atoms with E-state index in [9.17, 15) is 14.4 Å². The third-order valence-corrected chi connectivity index (χ3v) is 0.702. The van der Waals surface area contributed by atoms with Crippen molar-refractivity contribution in [2.45, 2.75) is 48.5 Å². The first-order valence-corrected chi connectivity index (χ1v) is 18.5. The van der Waals surface area contributed by atoms with Crippen molar-refractivity contribution < 1.29 is 51.0 Å². The normalized spacial score (nSPS) is 6.65. The molecule has 0 amide bonds. The summed E-state index contributed by atoms with van der Waals surface area (Å²) in [7, 11) is 0. The molecule has 135 valence electrons. The topological polar surface area (TPSA) is 68.3 Å². The van der Waals surface area contributed by atoms with Crippen LogP contribution < -0.4 is 13.3 Å². The number of rotatable bonds is 1. The summed E-state index contributed by atoms with van der Waals surface area (Å²) in [6.45, 7) is 10.9. The first-order chi connectivity index (χ1) is 10.1. The molecular formula is C15H24I3O4V-. The second-order valence-electron chi connectivity index (χ2n) is 3.24. The van der Waals surface area contributed by atoms with E-state index < -0.39 is 0 Å². The molecule has 0 aromatic rings. The predicted molar refractivity (Wildman–Crippen MR) is 106 cm³/mol. The molecule has 0 aromatic carbocycles. The first kappa shape index (κ1) is 39.0. The van der Waals surface area contributed by atoms with Crippen LogP contribution >= 0.6 is 37.2 Å². The van der Waals surface area contributed by atoms with Crippen LogP contribution in [0.1, 0.15) is 48.5 Å². The van der Waals surface area contributed by atoms with Crippen LogP contribution in [0.3, 0.4) is 0 Å². The van der Waals surface area contributed by atoms with E-state index in [4.69, 9.17) is 4.79 Å². The van der Waals surface area contributed by atoms with Crippen LogP contribution in [0.15, 0.2) is 12.2 Å². The number of hydrogen-bond donors (Lipinski definition) is 0. The Morgan fingerprint density at radius 3 is 1.26 bits per heavy atom. The summed E-state index contributed by atoms with van der Waals surface area (Å²) >= 11 is 5.30. The molecule has 8 heteroatoms. The standard InChI is InChI=1S/C5H8O.C5H6O.C3H6O.C2H4O.I3.V/c2*1-3-4-5(2)6;1-3(2)4;1-2-3;1-3-2;/h3-4H,1-2H3;1-2H3;1-2H3;2H,1H3;;/q;;;;-1;/b4-3+;;;;;. The third kappa shape index (κ3) is 215. The summed E-state index contributed by atoms with van der Waals surface area (Å²) in [6.07, 6.45) is 4.00. The van der Waals surface area contributed by atoms with E-state index in [1.54, 1.807) is 13.0 Å². The van der Waals surface area contributed by atoms with Gasteiger partial charge in [0.1, 0.15) is 12.1 Å². The van der Waals surface area contributed by atoms with Crippen LogP contribution in [-0.2, 0) is 37.7 Å². The molecule has 0 aliphatic heterocycles. The zero-order valence-corrected chi connectivity index (χ0v) is 22.3. The van der Waals surface area contributed by atoms with Crippen LogP contribution in [0, 0.1) is 11.8 Å². The Hall–Kier alpha value is 0.754. The van der Waals surface area contributed by atoms with Gasteiger partial charge < -0.3 is 9.59 Å². The molecule has 0 saturated heterocycles. The molecule has 0 fully saturated rings. The number of ketones is 3. The SMILES string of the molecule is C/C=C/C(C)=O.CC#CC(C)=O.CC(C)=O.CC=O.I[I-]I.[V]. The van der Waals surface area contributed by atoms with Gasteiger partial charge in [0.2, 0.25) is 5.78 Å². The Kier molecular flexibility index (Phi) is 73.6.